The molecule has 7 nitrogen and oxygen atoms in total. The van der Waals surface area contributed by atoms with Gasteiger partial charge in [0.2, 0.25) is 6.79 Å². The van der Waals surface area contributed by atoms with Crippen LogP contribution in [0.3, 0.4) is 0 Å². The number of amides is 1. The van der Waals surface area contributed by atoms with Gasteiger partial charge in [0.1, 0.15) is 6.17 Å². The van der Waals surface area contributed by atoms with Gasteiger partial charge in [0.15, 0.2) is 23.0 Å². The predicted molar refractivity (Wildman–Crippen MR) is 107 cm³/mol. The Hall–Kier alpha value is -3.87. The Balaban J connectivity index is 1.68. The number of phenols is 1. The van der Waals surface area contributed by atoms with E-state index >= 15 is 0 Å². The number of fused-ring (bicyclic) bond motifs is 2. The number of aromatic hydroxyl groups is 1. The third-order valence-corrected chi connectivity index (χ3v) is 5.11. The molecule has 2 aliphatic heterocycles. The van der Waals surface area contributed by atoms with Crippen LogP contribution in [0.4, 0.5) is 11.4 Å². The zero-order valence-electron chi connectivity index (χ0n) is 15.6. The van der Waals surface area contributed by atoms with Crippen molar-refractivity contribution in [3.05, 3.63) is 71.8 Å². The quantitative estimate of drug-likeness (QED) is 0.706. The summed E-state index contributed by atoms with van der Waals surface area (Å²) in [7, 11) is 1.49. The van der Waals surface area contributed by atoms with Crippen LogP contribution in [0.25, 0.3) is 0 Å². The molecular formula is C22H18N2O5. The van der Waals surface area contributed by atoms with E-state index in [1.54, 1.807) is 47.4 Å². The molecule has 0 saturated heterocycles. The molecule has 5 rings (SSSR count). The van der Waals surface area contributed by atoms with E-state index in [9.17, 15) is 9.90 Å². The number of carbonyl (C=O) groups excluding carboxylic acids is 1. The molecule has 0 saturated carbocycles. The molecule has 0 aliphatic carbocycles. The van der Waals surface area contributed by atoms with Crippen LogP contribution >= 0.6 is 0 Å². The maximum Gasteiger partial charge on any atom is 0.262 e. The highest BCUT2D eigenvalue weighted by atomic mass is 16.7. The lowest BCUT2D eigenvalue weighted by atomic mass is 10.0. The number of nitrogens with zero attached hydrogens (tertiary/aromatic N) is 1. The van der Waals surface area contributed by atoms with Gasteiger partial charge in [-0.15, -0.1) is 0 Å². The standard InChI is InChI=1S/C22H18N2O5/c1-27-18-8-4-6-15(20(18)25)21-23-16-7-3-2-5-14(16)22(26)24(21)13-9-10-17-19(11-13)29-12-28-17/h2-11,21,23,25H,12H2,1H3. The first-order valence-electron chi connectivity index (χ1n) is 9.12. The summed E-state index contributed by atoms with van der Waals surface area (Å²) in [4.78, 5) is 15.1. The number of carbonyl (C=O) groups is 1. The van der Waals surface area contributed by atoms with Crippen molar-refractivity contribution in [1.82, 2.24) is 0 Å². The molecule has 1 amide bonds. The third kappa shape index (κ3) is 2.70. The first-order valence-corrected chi connectivity index (χ1v) is 9.12. The van der Waals surface area contributed by atoms with Crippen molar-refractivity contribution in [3.8, 4) is 23.0 Å². The number of nitrogens with one attached hydrogen (secondary N) is 1. The van der Waals surface area contributed by atoms with Gasteiger partial charge >= 0.3 is 0 Å². The maximum absolute atomic E-state index is 13.5. The molecule has 146 valence electrons. The highest BCUT2D eigenvalue weighted by Gasteiger charge is 2.36. The van der Waals surface area contributed by atoms with E-state index in [1.165, 1.54) is 7.11 Å². The summed E-state index contributed by atoms with van der Waals surface area (Å²) in [6.07, 6.45) is -0.645. The molecule has 2 aliphatic rings. The van der Waals surface area contributed by atoms with E-state index in [2.05, 4.69) is 5.32 Å². The first-order chi connectivity index (χ1) is 14.2. The van der Waals surface area contributed by atoms with Crippen LogP contribution in [0.2, 0.25) is 0 Å². The molecule has 29 heavy (non-hydrogen) atoms. The van der Waals surface area contributed by atoms with Crippen LogP contribution < -0.4 is 24.4 Å². The van der Waals surface area contributed by atoms with Gasteiger partial charge in [0.25, 0.3) is 5.91 Å². The molecule has 1 unspecified atom stereocenters. The zero-order valence-corrected chi connectivity index (χ0v) is 15.6. The zero-order chi connectivity index (χ0) is 20.0. The summed E-state index contributed by atoms with van der Waals surface area (Å²) in [6.45, 7) is 0.147. The van der Waals surface area contributed by atoms with E-state index in [1.807, 2.05) is 18.2 Å². The minimum Gasteiger partial charge on any atom is -0.504 e. The Morgan fingerprint density at radius 1 is 1.07 bits per heavy atom. The molecule has 1 atom stereocenters. The average Bonchev–Trinajstić information content (AvgIpc) is 3.22. The number of benzene rings is 3. The van der Waals surface area contributed by atoms with E-state index in [0.717, 1.165) is 0 Å². The number of rotatable bonds is 3. The second kappa shape index (κ2) is 6.63. The van der Waals surface area contributed by atoms with Gasteiger partial charge in [0, 0.05) is 17.3 Å². The summed E-state index contributed by atoms with van der Waals surface area (Å²) in [5.74, 6) is 1.33. The van der Waals surface area contributed by atoms with Gasteiger partial charge in [-0.25, -0.2) is 0 Å². The summed E-state index contributed by atoms with van der Waals surface area (Å²) in [5.41, 5.74) is 2.38. The minimum absolute atomic E-state index is 0.0228. The van der Waals surface area contributed by atoms with Gasteiger partial charge in [0.05, 0.1) is 18.4 Å². The Morgan fingerprint density at radius 3 is 2.76 bits per heavy atom. The monoisotopic (exact) mass is 390 g/mol. The molecule has 0 bridgehead atoms. The Bertz CT molecular complexity index is 1110. The fourth-order valence-corrected chi connectivity index (χ4v) is 3.70. The van der Waals surface area contributed by atoms with Crippen LogP contribution in [0.15, 0.2) is 60.7 Å². The lowest BCUT2D eigenvalue weighted by Crippen LogP contribution is -2.43. The second-order valence-corrected chi connectivity index (χ2v) is 6.70. The number of hydrogen-bond donors (Lipinski definition) is 2. The Morgan fingerprint density at radius 2 is 1.90 bits per heavy atom. The van der Waals surface area contributed by atoms with Gasteiger partial charge in [-0.05, 0) is 30.3 Å². The average molecular weight is 390 g/mol. The Kier molecular flexibility index (Phi) is 3.94. The predicted octanol–water partition coefficient (Wildman–Crippen LogP) is 3.90. The number of methoxy groups -OCH3 is 1. The number of phenolic OH excluding ortho intramolecular Hbond substituents is 1. The van der Waals surface area contributed by atoms with Crippen LogP contribution in [0.1, 0.15) is 22.1 Å². The number of hydrogen-bond acceptors (Lipinski definition) is 6. The van der Waals surface area contributed by atoms with E-state index in [-0.39, 0.29) is 18.4 Å². The molecule has 7 heteroatoms. The van der Waals surface area contributed by atoms with Crippen LogP contribution in [-0.2, 0) is 0 Å². The van der Waals surface area contributed by atoms with Gasteiger partial charge in [-0.2, -0.15) is 0 Å². The maximum atomic E-state index is 13.5. The molecule has 0 radical (unpaired) electrons. The fourth-order valence-electron chi connectivity index (χ4n) is 3.70. The number of ether oxygens (including phenoxy) is 3. The lowest BCUT2D eigenvalue weighted by molar-refractivity contribution is 0.0974. The summed E-state index contributed by atoms with van der Waals surface area (Å²) >= 11 is 0. The van der Waals surface area contributed by atoms with Crippen molar-refractivity contribution in [2.24, 2.45) is 0 Å². The first kappa shape index (κ1) is 17.2. The minimum atomic E-state index is -0.645. The highest BCUT2D eigenvalue weighted by molar-refractivity contribution is 6.12. The molecule has 2 heterocycles. The van der Waals surface area contributed by atoms with E-state index in [0.29, 0.717) is 39.8 Å². The lowest BCUT2D eigenvalue weighted by Gasteiger charge is -2.38. The number of para-hydroxylation sites is 2. The molecule has 0 spiro atoms. The molecular weight excluding hydrogens is 372 g/mol. The van der Waals surface area contributed by atoms with E-state index < -0.39 is 6.17 Å². The fraction of sp³-hybridized carbons (Fsp3) is 0.136. The molecule has 0 aromatic heterocycles. The van der Waals surface area contributed by atoms with Gasteiger partial charge in [-0.1, -0.05) is 24.3 Å². The number of anilines is 2. The smallest absolute Gasteiger partial charge is 0.262 e. The Labute approximate surface area is 167 Å². The highest BCUT2D eigenvalue weighted by Crippen LogP contribution is 2.44. The van der Waals surface area contributed by atoms with Crippen molar-refractivity contribution in [2.45, 2.75) is 6.17 Å². The largest absolute Gasteiger partial charge is 0.504 e. The van der Waals surface area contributed by atoms with Crippen molar-refractivity contribution < 1.29 is 24.1 Å². The molecule has 2 N–H and O–H groups in total. The van der Waals surface area contributed by atoms with Crippen molar-refractivity contribution in [1.29, 1.82) is 0 Å². The normalized spacial score (nSPS) is 16.9. The van der Waals surface area contributed by atoms with Gasteiger partial charge in [-0.3, -0.25) is 9.69 Å². The van der Waals surface area contributed by atoms with Crippen LogP contribution in [0, 0.1) is 0 Å². The molecule has 0 fully saturated rings. The van der Waals surface area contributed by atoms with Crippen molar-refractivity contribution in [2.75, 3.05) is 24.1 Å². The third-order valence-electron chi connectivity index (χ3n) is 5.11. The summed E-state index contributed by atoms with van der Waals surface area (Å²) in [6, 6.07) is 17.8. The van der Waals surface area contributed by atoms with Crippen molar-refractivity contribution in [3.63, 3.8) is 0 Å². The van der Waals surface area contributed by atoms with Crippen LogP contribution in [-0.4, -0.2) is 24.9 Å². The van der Waals surface area contributed by atoms with Gasteiger partial charge < -0.3 is 24.6 Å². The summed E-state index contributed by atoms with van der Waals surface area (Å²) < 4.78 is 16.1. The van der Waals surface area contributed by atoms with Crippen LogP contribution in [0.5, 0.6) is 23.0 Å². The summed E-state index contributed by atoms with van der Waals surface area (Å²) in [5, 5.41) is 14.1. The SMILES string of the molecule is COc1cccc(C2Nc3ccccc3C(=O)N2c2ccc3c(c2)OCO3)c1O. The molecule has 3 aromatic rings. The second-order valence-electron chi connectivity index (χ2n) is 6.70. The van der Waals surface area contributed by atoms with Crippen molar-refractivity contribution >= 4 is 17.3 Å². The topological polar surface area (TPSA) is 80.3 Å². The molecule has 3 aromatic carbocycles. The van der Waals surface area contributed by atoms with E-state index in [4.69, 9.17) is 14.2 Å².